The van der Waals surface area contributed by atoms with Crippen molar-refractivity contribution in [2.75, 3.05) is 19.6 Å². The number of hydrogen-bond acceptors (Lipinski definition) is 2. The normalized spacial score (nSPS) is 33.8. The zero-order chi connectivity index (χ0) is 11.6. The van der Waals surface area contributed by atoms with Crippen LogP contribution in [0.15, 0.2) is 0 Å². The molecule has 2 nitrogen and oxygen atoms in total. The van der Waals surface area contributed by atoms with Crippen LogP contribution >= 0.6 is 0 Å². The molecule has 16 heavy (non-hydrogen) atoms. The number of nitrogens with one attached hydrogen (secondary N) is 1. The van der Waals surface area contributed by atoms with E-state index in [2.05, 4.69) is 31.0 Å². The van der Waals surface area contributed by atoms with Gasteiger partial charge < -0.3 is 10.2 Å². The van der Waals surface area contributed by atoms with Crippen LogP contribution in [0.4, 0.5) is 0 Å². The van der Waals surface area contributed by atoms with Gasteiger partial charge in [-0.2, -0.15) is 0 Å². The summed E-state index contributed by atoms with van der Waals surface area (Å²) in [6.07, 6.45) is 6.99. The molecule has 2 rings (SSSR count). The van der Waals surface area contributed by atoms with Gasteiger partial charge in [0.05, 0.1) is 0 Å². The van der Waals surface area contributed by atoms with Gasteiger partial charge >= 0.3 is 0 Å². The zero-order valence-electron chi connectivity index (χ0n) is 11.3. The summed E-state index contributed by atoms with van der Waals surface area (Å²) in [5, 5.41) is 3.70. The van der Waals surface area contributed by atoms with Crippen molar-refractivity contribution >= 4 is 0 Å². The molecule has 0 bridgehead atoms. The Bertz CT molecular complexity index is 211. The predicted molar refractivity (Wildman–Crippen MR) is 69.7 cm³/mol. The van der Waals surface area contributed by atoms with Gasteiger partial charge in [0.1, 0.15) is 0 Å². The summed E-state index contributed by atoms with van der Waals surface area (Å²) in [5.74, 6) is 0.964. The second-order valence-corrected chi connectivity index (χ2v) is 6.37. The minimum Gasteiger partial charge on any atom is -0.312 e. The Hall–Kier alpha value is -0.0800. The quantitative estimate of drug-likeness (QED) is 0.793. The fourth-order valence-corrected chi connectivity index (χ4v) is 3.44. The van der Waals surface area contributed by atoms with E-state index in [-0.39, 0.29) is 0 Å². The minimum absolute atomic E-state index is 0.463. The first-order valence-electron chi connectivity index (χ1n) is 7.08. The third-order valence-corrected chi connectivity index (χ3v) is 4.58. The summed E-state index contributed by atoms with van der Waals surface area (Å²) >= 11 is 0. The first-order valence-corrected chi connectivity index (χ1v) is 7.08. The first-order chi connectivity index (χ1) is 7.59. The van der Waals surface area contributed by atoms with Crippen LogP contribution in [0, 0.1) is 5.92 Å². The van der Waals surface area contributed by atoms with E-state index in [1.807, 2.05) is 0 Å². The Labute approximate surface area is 101 Å². The third kappa shape index (κ3) is 2.98. The Morgan fingerprint density at radius 1 is 1.31 bits per heavy atom. The van der Waals surface area contributed by atoms with Gasteiger partial charge in [-0.3, -0.25) is 0 Å². The van der Waals surface area contributed by atoms with Crippen molar-refractivity contribution in [3.63, 3.8) is 0 Å². The summed E-state index contributed by atoms with van der Waals surface area (Å²) in [4.78, 5) is 2.63. The van der Waals surface area contributed by atoms with E-state index in [0.29, 0.717) is 5.54 Å². The lowest BCUT2D eigenvalue weighted by Crippen LogP contribution is -2.43. The molecule has 0 radical (unpaired) electrons. The highest BCUT2D eigenvalue weighted by atomic mass is 15.1. The highest BCUT2D eigenvalue weighted by molar-refractivity contribution is 4.91. The van der Waals surface area contributed by atoms with Gasteiger partial charge in [-0.1, -0.05) is 0 Å². The molecule has 0 aliphatic carbocycles. The molecule has 2 heterocycles. The third-order valence-electron chi connectivity index (χ3n) is 4.58. The molecular formula is C14H28N2. The highest BCUT2D eigenvalue weighted by Gasteiger charge is 2.32. The predicted octanol–water partition coefficient (Wildman–Crippen LogP) is 2.64. The molecule has 0 aromatic rings. The molecule has 2 heteroatoms. The maximum Gasteiger partial charge on any atom is 0.0156 e. The van der Waals surface area contributed by atoms with Crippen LogP contribution in [-0.4, -0.2) is 36.1 Å². The molecule has 1 atom stereocenters. The lowest BCUT2D eigenvalue weighted by molar-refractivity contribution is 0.131. The van der Waals surface area contributed by atoms with Crippen molar-refractivity contribution in [1.29, 1.82) is 0 Å². The van der Waals surface area contributed by atoms with Gasteiger partial charge in [0, 0.05) is 11.6 Å². The molecule has 2 aliphatic heterocycles. The standard InChI is InChI=1S/C14H28N2/c1-12(2)16-9-5-13(6-10-16)11-14(3)7-4-8-15-14/h12-13,15H,4-11H2,1-3H3. The van der Waals surface area contributed by atoms with Crippen molar-refractivity contribution in [3.8, 4) is 0 Å². The second kappa shape index (κ2) is 5.05. The van der Waals surface area contributed by atoms with Gasteiger partial charge in [0.15, 0.2) is 0 Å². The highest BCUT2D eigenvalue weighted by Crippen LogP contribution is 2.31. The first kappa shape index (κ1) is 12.4. The fraction of sp³-hybridized carbons (Fsp3) is 1.00. The molecule has 2 aliphatic rings. The van der Waals surface area contributed by atoms with Crippen LogP contribution < -0.4 is 5.32 Å². The van der Waals surface area contributed by atoms with Crippen LogP contribution in [0.2, 0.25) is 0 Å². The second-order valence-electron chi connectivity index (χ2n) is 6.37. The van der Waals surface area contributed by atoms with E-state index in [9.17, 15) is 0 Å². The Morgan fingerprint density at radius 2 is 2.00 bits per heavy atom. The molecule has 0 aromatic heterocycles. The van der Waals surface area contributed by atoms with Gasteiger partial charge in [-0.05, 0) is 78.4 Å². The van der Waals surface area contributed by atoms with Crippen molar-refractivity contribution < 1.29 is 0 Å². The van der Waals surface area contributed by atoms with Crippen LogP contribution in [0.25, 0.3) is 0 Å². The van der Waals surface area contributed by atoms with E-state index in [1.165, 1.54) is 51.7 Å². The Kier molecular flexibility index (Phi) is 3.91. The fourth-order valence-electron chi connectivity index (χ4n) is 3.44. The minimum atomic E-state index is 0.463. The number of nitrogens with zero attached hydrogens (tertiary/aromatic N) is 1. The van der Waals surface area contributed by atoms with Crippen LogP contribution in [0.1, 0.15) is 52.9 Å². The molecule has 94 valence electrons. The maximum absolute atomic E-state index is 3.70. The van der Waals surface area contributed by atoms with E-state index >= 15 is 0 Å². The molecule has 0 spiro atoms. The molecule has 0 aromatic carbocycles. The summed E-state index contributed by atoms with van der Waals surface area (Å²) < 4.78 is 0. The molecule has 2 fully saturated rings. The summed E-state index contributed by atoms with van der Waals surface area (Å²) in [6.45, 7) is 10.9. The van der Waals surface area contributed by atoms with Crippen LogP contribution in [-0.2, 0) is 0 Å². The van der Waals surface area contributed by atoms with Crippen LogP contribution in [0.5, 0.6) is 0 Å². The van der Waals surface area contributed by atoms with Crippen molar-refractivity contribution in [2.45, 2.75) is 64.5 Å². The number of hydrogen-bond donors (Lipinski definition) is 1. The monoisotopic (exact) mass is 224 g/mol. The lowest BCUT2D eigenvalue weighted by Gasteiger charge is -2.38. The van der Waals surface area contributed by atoms with Crippen molar-refractivity contribution in [3.05, 3.63) is 0 Å². The summed E-state index contributed by atoms with van der Waals surface area (Å²) in [5.41, 5.74) is 0.463. The molecular weight excluding hydrogens is 196 g/mol. The van der Waals surface area contributed by atoms with Gasteiger partial charge in [0.25, 0.3) is 0 Å². The van der Waals surface area contributed by atoms with Gasteiger partial charge in [-0.25, -0.2) is 0 Å². The lowest BCUT2D eigenvalue weighted by atomic mass is 9.82. The van der Waals surface area contributed by atoms with Crippen LogP contribution in [0.3, 0.4) is 0 Å². The van der Waals surface area contributed by atoms with E-state index < -0.39 is 0 Å². The smallest absolute Gasteiger partial charge is 0.0156 e. The van der Waals surface area contributed by atoms with E-state index in [1.54, 1.807) is 0 Å². The number of piperidine rings is 1. The maximum atomic E-state index is 3.70. The SMILES string of the molecule is CC(C)N1CCC(CC2(C)CCCN2)CC1. The topological polar surface area (TPSA) is 15.3 Å². The number of rotatable bonds is 3. The van der Waals surface area contributed by atoms with Crippen molar-refractivity contribution in [1.82, 2.24) is 10.2 Å². The molecule has 0 saturated carbocycles. The Balaban J connectivity index is 1.76. The molecule has 2 saturated heterocycles. The average Bonchev–Trinajstić information content (AvgIpc) is 2.65. The summed E-state index contributed by atoms with van der Waals surface area (Å²) in [7, 11) is 0. The Morgan fingerprint density at radius 3 is 2.50 bits per heavy atom. The molecule has 1 N–H and O–H groups in total. The van der Waals surface area contributed by atoms with E-state index in [0.717, 1.165) is 12.0 Å². The summed E-state index contributed by atoms with van der Waals surface area (Å²) in [6, 6.07) is 0.737. The van der Waals surface area contributed by atoms with E-state index in [4.69, 9.17) is 0 Å². The average molecular weight is 224 g/mol. The van der Waals surface area contributed by atoms with Gasteiger partial charge in [-0.15, -0.1) is 0 Å². The van der Waals surface area contributed by atoms with Crippen molar-refractivity contribution in [2.24, 2.45) is 5.92 Å². The zero-order valence-corrected chi connectivity index (χ0v) is 11.3. The largest absolute Gasteiger partial charge is 0.312 e. The molecule has 0 amide bonds. The van der Waals surface area contributed by atoms with Gasteiger partial charge in [0.2, 0.25) is 0 Å². The molecule has 1 unspecified atom stereocenters. The number of likely N-dealkylation sites (tertiary alicyclic amines) is 1.